The molecule has 4 fully saturated rings. The van der Waals surface area contributed by atoms with Crippen LogP contribution in [0.1, 0.15) is 121 Å². The van der Waals surface area contributed by atoms with Gasteiger partial charge in [0.15, 0.2) is 0 Å². The summed E-state index contributed by atoms with van der Waals surface area (Å²) in [6, 6.07) is 16.3. The summed E-state index contributed by atoms with van der Waals surface area (Å²) in [5, 5.41) is 51.1. The smallest absolute Gasteiger partial charge is 0.225 e. The van der Waals surface area contributed by atoms with E-state index in [0.29, 0.717) is 43.1 Å². The maximum atomic E-state index is 5.45. The van der Waals surface area contributed by atoms with Crippen molar-refractivity contribution in [3.05, 3.63) is 66.2 Å². The molecule has 0 atom stereocenters. The zero-order valence-electron chi connectivity index (χ0n) is 43.9. The van der Waals surface area contributed by atoms with E-state index in [0.717, 1.165) is 161 Å². The maximum Gasteiger partial charge on any atom is 0.225 e. The number of nitrogens with one attached hydrogen (secondary N) is 9. The van der Waals surface area contributed by atoms with Crippen LogP contribution in [-0.4, -0.2) is 134 Å². The zero-order valence-corrected chi connectivity index (χ0v) is 43.9. The molecule has 10 rings (SSSR count). The summed E-state index contributed by atoms with van der Waals surface area (Å²) >= 11 is 0. The molecule has 74 heavy (non-hydrogen) atoms. The van der Waals surface area contributed by atoms with Gasteiger partial charge in [0.1, 0.15) is 28.8 Å². The van der Waals surface area contributed by atoms with Gasteiger partial charge in [0.25, 0.3) is 0 Å². The molecule has 0 spiro atoms. The fraction of sp³-hybridized carbons (Fsp3) is 0.630. The van der Waals surface area contributed by atoms with E-state index in [4.69, 9.17) is 24.7 Å². The third-order valence-corrected chi connectivity index (χ3v) is 14.8. The summed E-state index contributed by atoms with van der Waals surface area (Å²) in [6.45, 7) is 11.1. The average molecular weight is 1010 g/mol. The minimum absolute atomic E-state index is 0.381. The third-order valence-electron chi connectivity index (χ3n) is 14.8. The van der Waals surface area contributed by atoms with Crippen LogP contribution in [0.3, 0.4) is 0 Å². The molecule has 2 aromatic carbocycles. The van der Waals surface area contributed by atoms with Crippen molar-refractivity contribution in [2.24, 2.45) is 0 Å². The summed E-state index contributed by atoms with van der Waals surface area (Å²) in [6.07, 6.45) is 25.3. The van der Waals surface area contributed by atoms with Gasteiger partial charge in [0.2, 0.25) is 11.9 Å². The predicted molar refractivity (Wildman–Crippen MR) is 296 cm³/mol. The molecule has 0 unspecified atom stereocenters. The van der Waals surface area contributed by atoms with Gasteiger partial charge < -0.3 is 52.6 Å². The van der Waals surface area contributed by atoms with Crippen molar-refractivity contribution < 1.29 is 4.74 Å². The molecule has 20 heteroatoms. The SMILES string of the molecule is COc1ccc2nc(NCc3cn(CCCNCCCNC4CCCCC4)nn3)nc(NC3CCNCC3)c2c1.c1ccc2c(NC3CCNCC3)nc(NCc3cn(CCCNC4CCCCC4)nn3)nc2c1. The Morgan fingerprint density at radius 3 is 1.64 bits per heavy atom. The predicted octanol–water partition coefficient (Wildman–Crippen LogP) is 6.61. The van der Waals surface area contributed by atoms with Gasteiger partial charge in [-0.2, -0.15) is 9.97 Å². The lowest BCUT2D eigenvalue weighted by atomic mass is 9.95. The first-order chi connectivity index (χ1) is 36.6. The van der Waals surface area contributed by atoms with Gasteiger partial charge in [0, 0.05) is 48.0 Å². The van der Waals surface area contributed by atoms with E-state index in [1.165, 1.54) is 70.6 Å². The van der Waals surface area contributed by atoms with Crippen LogP contribution in [0.5, 0.6) is 5.75 Å². The highest BCUT2D eigenvalue weighted by atomic mass is 16.5. The first kappa shape index (κ1) is 53.0. The molecule has 4 aromatic heterocycles. The Morgan fingerprint density at radius 1 is 0.541 bits per heavy atom. The standard InChI is InChI=1S/C29H46N10O.C25H37N9/c1-40-25-9-10-27-26(19-25)28(34-23-11-16-31-17-12-23)36-29(35-27)33-20-24-21-39(38-37-24)18-6-14-30-13-5-15-32-22-7-3-2-4-8-22;1-2-7-19(8-3-1)27-13-6-16-34-18-21(32-33-34)17-28-25-30-23-10-5-4-9-22(23)24(31-25)29-20-11-14-26-15-12-20/h9-10,19,21-23,30-32H,2-8,11-18,20H2,1H3,(H2,33,34,35,36);4-5,9-10,18-20,26-27H,1-3,6-8,11-17H2,(H2,28,29,30,31). The van der Waals surface area contributed by atoms with Crippen LogP contribution in [0.2, 0.25) is 0 Å². The van der Waals surface area contributed by atoms with Crippen LogP contribution >= 0.6 is 0 Å². The van der Waals surface area contributed by atoms with Crippen molar-refractivity contribution in [1.29, 1.82) is 0 Å². The van der Waals surface area contributed by atoms with E-state index in [1.54, 1.807) is 7.11 Å². The molecule has 20 nitrogen and oxygen atoms in total. The quantitative estimate of drug-likeness (QED) is 0.0275. The highest BCUT2D eigenvalue weighted by Gasteiger charge is 2.19. The first-order valence-corrected chi connectivity index (χ1v) is 28.1. The van der Waals surface area contributed by atoms with Crippen molar-refractivity contribution >= 4 is 45.3 Å². The number of ether oxygens (including phenoxy) is 1. The molecule has 400 valence electrons. The summed E-state index contributed by atoms with van der Waals surface area (Å²) in [5.74, 6) is 3.71. The summed E-state index contributed by atoms with van der Waals surface area (Å²) < 4.78 is 9.30. The Bertz CT molecular complexity index is 2560. The highest BCUT2D eigenvalue weighted by molar-refractivity contribution is 5.91. The van der Waals surface area contributed by atoms with Crippen LogP contribution < -0.4 is 52.6 Å². The minimum Gasteiger partial charge on any atom is -0.497 e. The number of rotatable bonds is 25. The molecular formula is C54H83N19O. The van der Waals surface area contributed by atoms with Crippen LogP contribution in [0.15, 0.2) is 54.9 Å². The van der Waals surface area contributed by atoms with Crippen LogP contribution in [0.4, 0.5) is 23.5 Å². The molecule has 2 aliphatic heterocycles. The third kappa shape index (κ3) is 16.6. The van der Waals surface area contributed by atoms with Crippen molar-refractivity contribution in [1.82, 2.24) is 76.5 Å². The van der Waals surface area contributed by atoms with Crippen LogP contribution in [0.25, 0.3) is 21.8 Å². The van der Waals surface area contributed by atoms with E-state index in [2.05, 4.69) is 74.5 Å². The van der Waals surface area contributed by atoms with E-state index in [-0.39, 0.29) is 0 Å². The number of anilines is 4. The number of piperidine rings is 2. The van der Waals surface area contributed by atoms with E-state index in [9.17, 15) is 0 Å². The second-order valence-electron chi connectivity index (χ2n) is 20.6. The molecule has 2 saturated carbocycles. The van der Waals surface area contributed by atoms with Gasteiger partial charge in [-0.3, -0.25) is 9.36 Å². The monoisotopic (exact) mass is 1010 g/mol. The molecule has 2 saturated heterocycles. The van der Waals surface area contributed by atoms with Gasteiger partial charge in [-0.25, -0.2) is 9.97 Å². The van der Waals surface area contributed by atoms with E-state index in [1.807, 2.05) is 58.2 Å². The molecular weight excluding hydrogens is 931 g/mol. The average Bonchev–Trinajstić information content (AvgIpc) is 4.12. The van der Waals surface area contributed by atoms with Gasteiger partial charge in [-0.15, -0.1) is 10.2 Å². The molecule has 2 aliphatic carbocycles. The fourth-order valence-electron chi connectivity index (χ4n) is 10.6. The van der Waals surface area contributed by atoms with Gasteiger partial charge in [-0.1, -0.05) is 61.1 Å². The number of benzene rings is 2. The minimum atomic E-state index is 0.381. The van der Waals surface area contributed by atoms with Gasteiger partial charge in [0.05, 0.1) is 43.6 Å². The summed E-state index contributed by atoms with van der Waals surface area (Å²) in [7, 11) is 1.68. The van der Waals surface area contributed by atoms with Crippen LogP contribution in [0, 0.1) is 0 Å². The molecule has 6 heterocycles. The van der Waals surface area contributed by atoms with Gasteiger partial charge >= 0.3 is 0 Å². The first-order valence-electron chi connectivity index (χ1n) is 28.1. The Hall–Kier alpha value is -5.80. The number of hydrogen-bond donors (Lipinski definition) is 9. The number of fused-ring (bicyclic) bond motifs is 2. The number of nitrogens with zero attached hydrogens (tertiary/aromatic N) is 10. The van der Waals surface area contributed by atoms with Crippen molar-refractivity contribution in [3.8, 4) is 5.75 Å². The largest absolute Gasteiger partial charge is 0.497 e. The fourth-order valence-corrected chi connectivity index (χ4v) is 10.6. The highest BCUT2D eigenvalue weighted by Crippen LogP contribution is 2.29. The Kier molecular flexibility index (Phi) is 20.6. The van der Waals surface area contributed by atoms with Crippen molar-refractivity contribution in [2.75, 3.05) is 80.7 Å². The molecule has 0 radical (unpaired) electrons. The van der Waals surface area contributed by atoms with Crippen molar-refractivity contribution in [2.45, 2.75) is 160 Å². The maximum absolute atomic E-state index is 5.45. The Balaban J connectivity index is 0.000000184. The lowest BCUT2D eigenvalue weighted by Crippen LogP contribution is -2.35. The number of aromatic nitrogens is 10. The normalized spacial score (nSPS) is 17.3. The number of hydrogen-bond acceptors (Lipinski definition) is 18. The number of methoxy groups -OCH3 is 1. The lowest BCUT2D eigenvalue weighted by Gasteiger charge is -2.25. The van der Waals surface area contributed by atoms with Crippen molar-refractivity contribution in [3.63, 3.8) is 0 Å². The molecule has 4 aliphatic rings. The van der Waals surface area contributed by atoms with E-state index >= 15 is 0 Å². The Labute approximate surface area is 437 Å². The molecule has 6 aromatic rings. The molecule has 0 bridgehead atoms. The molecule has 0 amide bonds. The second-order valence-corrected chi connectivity index (χ2v) is 20.6. The lowest BCUT2D eigenvalue weighted by molar-refractivity contribution is 0.367. The van der Waals surface area contributed by atoms with E-state index < -0.39 is 0 Å². The topological polar surface area (TPSA) is 230 Å². The number of para-hydroxylation sites is 1. The second kappa shape index (κ2) is 28.8. The zero-order chi connectivity index (χ0) is 50.4. The Morgan fingerprint density at radius 2 is 1.05 bits per heavy atom. The van der Waals surface area contributed by atoms with Crippen LogP contribution in [-0.2, 0) is 26.2 Å². The molecule has 9 N–H and O–H groups in total. The number of aryl methyl sites for hydroxylation is 2. The summed E-state index contributed by atoms with van der Waals surface area (Å²) in [4.78, 5) is 19.1. The summed E-state index contributed by atoms with van der Waals surface area (Å²) in [5.41, 5.74) is 3.57. The van der Waals surface area contributed by atoms with Gasteiger partial charge in [-0.05, 0) is 153 Å².